The van der Waals surface area contributed by atoms with Crippen molar-refractivity contribution in [2.45, 2.75) is 38.3 Å². The lowest BCUT2D eigenvalue weighted by Gasteiger charge is -2.40. The van der Waals surface area contributed by atoms with Gasteiger partial charge >= 0.3 is 0 Å². The van der Waals surface area contributed by atoms with Gasteiger partial charge in [-0.25, -0.2) is 0 Å². The maximum atomic E-state index is 5.86. The van der Waals surface area contributed by atoms with Gasteiger partial charge in [-0.05, 0) is 47.0 Å². The molecule has 2 rings (SSSR count). The van der Waals surface area contributed by atoms with E-state index in [0.717, 1.165) is 29.6 Å². The van der Waals surface area contributed by atoms with Crippen LogP contribution >= 0.6 is 27.5 Å². The molecule has 2 nitrogen and oxygen atoms in total. The van der Waals surface area contributed by atoms with Crippen LogP contribution in [0.5, 0.6) is 0 Å². The number of ether oxygens (including phenoxy) is 1. The average molecular weight is 333 g/mol. The Bertz CT molecular complexity index is 413. The van der Waals surface area contributed by atoms with Gasteiger partial charge in [-0.1, -0.05) is 13.0 Å². The molecule has 2 unspecified atom stereocenters. The molecule has 0 radical (unpaired) electrons. The van der Waals surface area contributed by atoms with E-state index in [9.17, 15) is 0 Å². The second kappa shape index (κ2) is 6.27. The molecule has 0 aromatic heterocycles. The lowest BCUT2D eigenvalue weighted by atomic mass is 10.1. The highest BCUT2D eigenvalue weighted by Gasteiger charge is 2.26. The highest BCUT2D eigenvalue weighted by molar-refractivity contribution is 9.10. The molecule has 4 heteroatoms. The summed E-state index contributed by atoms with van der Waals surface area (Å²) in [4.78, 5) is 2.44. The van der Waals surface area contributed by atoms with Crippen LogP contribution < -0.4 is 4.90 Å². The van der Waals surface area contributed by atoms with E-state index in [2.05, 4.69) is 52.9 Å². The van der Waals surface area contributed by atoms with Gasteiger partial charge in [0, 0.05) is 16.9 Å². The summed E-state index contributed by atoms with van der Waals surface area (Å²) in [5.74, 6) is 0.551. The maximum Gasteiger partial charge on any atom is 0.0723 e. The number of nitrogens with zero attached hydrogens (tertiary/aromatic N) is 1. The first kappa shape index (κ1) is 14.2. The van der Waals surface area contributed by atoms with Gasteiger partial charge in [0.2, 0.25) is 0 Å². The molecule has 1 fully saturated rings. The summed E-state index contributed by atoms with van der Waals surface area (Å²) in [5.41, 5.74) is 2.38. The molecule has 0 N–H and O–H groups in total. The highest BCUT2D eigenvalue weighted by Crippen LogP contribution is 2.32. The Morgan fingerprint density at radius 2 is 2.28 bits per heavy atom. The topological polar surface area (TPSA) is 12.5 Å². The van der Waals surface area contributed by atoms with Gasteiger partial charge in [-0.15, -0.1) is 11.6 Å². The SMILES string of the molecule is CCC1COC(C)CN1c1ccc(CCl)cc1Br. The molecule has 100 valence electrons. The summed E-state index contributed by atoms with van der Waals surface area (Å²) in [6.45, 7) is 6.08. The van der Waals surface area contributed by atoms with E-state index in [1.54, 1.807) is 0 Å². The van der Waals surface area contributed by atoms with Crippen LogP contribution in [0.25, 0.3) is 0 Å². The zero-order chi connectivity index (χ0) is 13.1. The molecule has 18 heavy (non-hydrogen) atoms. The highest BCUT2D eigenvalue weighted by atomic mass is 79.9. The van der Waals surface area contributed by atoms with Crippen LogP contribution in [0.3, 0.4) is 0 Å². The van der Waals surface area contributed by atoms with E-state index >= 15 is 0 Å². The summed E-state index contributed by atoms with van der Waals surface area (Å²) in [5, 5.41) is 0. The maximum absolute atomic E-state index is 5.86. The first-order valence-corrected chi connectivity index (χ1v) is 7.71. The Labute approximate surface area is 122 Å². The molecule has 1 aliphatic heterocycles. The summed E-state index contributed by atoms with van der Waals surface area (Å²) < 4.78 is 6.86. The second-order valence-electron chi connectivity index (χ2n) is 4.78. The summed E-state index contributed by atoms with van der Waals surface area (Å²) in [6.07, 6.45) is 1.38. The van der Waals surface area contributed by atoms with E-state index in [1.165, 1.54) is 5.69 Å². The Hall–Kier alpha value is -0.250. The van der Waals surface area contributed by atoms with Crippen molar-refractivity contribution in [3.05, 3.63) is 28.2 Å². The van der Waals surface area contributed by atoms with Gasteiger partial charge in [0.15, 0.2) is 0 Å². The number of halogens is 2. The third-order valence-electron chi connectivity index (χ3n) is 3.41. The van der Waals surface area contributed by atoms with Gasteiger partial charge in [0.1, 0.15) is 0 Å². The van der Waals surface area contributed by atoms with E-state index in [0.29, 0.717) is 11.9 Å². The van der Waals surface area contributed by atoms with Crippen LogP contribution in [0.4, 0.5) is 5.69 Å². The summed E-state index contributed by atoms with van der Waals surface area (Å²) in [7, 11) is 0. The normalized spacial score (nSPS) is 24.3. The van der Waals surface area contributed by atoms with E-state index in [4.69, 9.17) is 16.3 Å². The van der Waals surface area contributed by atoms with Crippen LogP contribution in [0.2, 0.25) is 0 Å². The minimum Gasteiger partial charge on any atom is -0.375 e. The van der Waals surface area contributed by atoms with Gasteiger partial charge in [-0.2, -0.15) is 0 Å². The monoisotopic (exact) mass is 331 g/mol. The Kier molecular flexibility index (Phi) is 4.93. The molecular weight excluding hydrogens is 314 g/mol. The number of hydrogen-bond donors (Lipinski definition) is 0. The van der Waals surface area contributed by atoms with E-state index in [1.807, 2.05) is 0 Å². The zero-order valence-corrected chi connectivity index (χ0v) is 13.2. The molecule has 1 aliphatic rings. The van der Waals surface area contributed by atoms with Crippen LogP contribution in [-0.2, 0) is 10.6 Å². The van der Waals surface area contributed by atoms with Crippen LogP contribution in [0.15, 0.2) is 22.7 Å². The predicted molar refractivity (Wildman–Crippen MR) is 80.5 cm³/mol. The fourth-order valence-corrected chi connectivity index (χ4v) is 3.16. The molecule has 1 aromatic rings. The molecule has 2 atom stereocenters. The second-order valence-corrected chi connectivity index (χ2v) is 5.90. The smallest absolute Gasteiger partial charge is 0.0723 e. The molecule has 0 saturated carbocycles. The fraction of sp³-hybridized carbons (Fsp3) is 0.571. The number of morpholine rings is 1. The van der Waals surface area contributed by atoms with Gasteiger partial charge in [0.05, 0.1) is 24.4 Å². The Balaban J connectivity index is 2.27. The standard InChI is InChI=1S/C14H19BrClNO/c1-3-12-9-18-10(2)8-17(12)14-5-4-11(7-16)6-13(14)15/h4-6,10,12H,3,7-9H2,1-2H3. The summed E-state index contributed by atoms with van der Waals surface area (Å²) >= 11 is 9.52. The number of hydrogen-bond acceptors (Lipinski definition) is 2. The van der Waals surface area contributed by atoms with Crippen molar-refractivity contribution in [1.29, 1.82) is 0 Å². The van der Waals surface area contributed by atoms with E-state index in [-0.39, 0.29) is 6.10 Å². The largest absolute Gasteiger partial charge is 0.375 e. The van der Waals surface area contributed by atoms with Crippen LogP contribution in [-0.4, -0.2) is 25.3 Å². The van der Waals surface area contributed by atoms with Crippen LogP contribution in [0, 0.1) is 0 Å². The van der Waals surface area contributed by atoms with Gasteiger partial charge in [-0.3, -0.25) is 0 Å². The minimum absolute atomic E-state index is 0.285. The average Bonchev–Trinajstić information content (AvgIpc) is 2.38. The van der Waals surface area contributed by atoms with Crippen molar-refractivity contribution in [3.8, 4) is 0 Å². The van der Waals surface area contributed by atoms with Gasteiger partial charge < -0.3 is 9.64 Å². The number of anilines is 1. The Morgan fingerprint density at radius 1 is 1.50 bits per heavy atom. The lowest BCUT2D eigenvalue weighted by molar-refractivity contribution is 0.0299. The first-order valence-electron chi connectivity index (χ1n) is 6.38. The van der Waals surface area contributed by atoms with Gasteiger partial charge in [0.25, 0.3) is 0 Å². The molecular formula is C14H19BrClNO. The van der Waals surface area contributed by atoms with Crippen molar-refractivity contribution < 1.29 is 4.74 Å². The van der Waals surface area contributed by atoms with Crippen molar-refractivity contribution in [2.75, 3.05) is 18.1 Å². The zero-order valence-electron chi connectivity index (χ0n) is 10.8. The number of benzene rings is 1. The Morgan fingerprint density at radius 3 is 2.89 bits per heavy atom. The number of rotatable bonds is 3. The van der Waals surface area contributed by atoms with E-state index < -0.39 is 0 Å². The fourth-order valence-electron chi connectivity index (χ4n) is 2.34. The van der Waals surface area contributed by atoms with Crippen LogP contribution in [0.1, 0.15) is 25.8 Å². The molecule has 0 bridgehead atoms. The van der Waals surface area contributed by atoms with Crippen molar-refractivity contribution >= 4 is 33.2 Å². The van der Waals surface area contributed by atoms with Crippen molar-refractivity contribution in [1.82, 2.24) is 0 Å². The van der Waals surface area contributed by atoms with Crippen molar-refractivity contribution in [3.63, 3.8) is 0 Å². The molecule has 1 aromatic carbocycles. The lowest BCUT2D eigenvalue weighted by Crippen LogP contribution is -2.48. The quantitative estimate of drug-likeness (QED) is 0.770. The first-order chi connectivity index (χ1) is 8.65. The molecule has 1 saturated heterocycles. The minimum atomic E-state index is 0.285. The molecule has 0 amide bonds. The van der Waals surface area contributed by atoms with Crippen molar-refractivity contribution in [2.24, 2.45) is 0 Å². The molecule has 1 heterocycles. The molecule has 0 spiro atoms. The summed E-state index contributed by atoms with van der Waals surface area (Å²) in [6, 6.07) is 6.82. The third-order valence-corrected chi connectivity index (χ3v) is 4.36. The third kappa shape index (κ3) is 3.01. The predicted octanol–water partition coefficient (Wildman–Crippen LogP) is 4.19. The molecule has 0 aliphatic carbocycles. The number of alkyl halides is 1.